The van der Waals surface area contributed by atoms with Crippen LogP contribution in [0.3, 0.4) is 0 Å². The molecule has 0 aliphatic rings. The van der Waals surface area contributed by atoms with Crippen LogP contribution in [0.5, 0.6) is 5.75 Å². The lowest BCUT2D eigenvalue weighted by molar-refractivity contribution is -0.274. The van der Waals surface area contributed by atoms with E-state index in [-0.39, 0.29) is 5.75 Å². The Balaban J connectivity index is 1.79. The third kappa shape index (κ3) is 4.00. The summed E-state index contributed by atoms with van der Waals surface area (Å²) in [6.07, 6.45) is -3.27. The van der Waals surface area contributed by atoms with Crippen LogP contribution in [-0.2, 0) is 0 Å². The fourth-order valence-electron chi connectivity index (χ4n) is 2.24. The van der Waals surface area contributed by atoms with Gasteiger partial charge in [-0.2, -0.15) is 0 Å². The molecule has 0 aliphatic heterocycles. The molecule has 0 atom stereocenters. The van der Waals surface area contributed by atoms with Crippen LogP contribution in [0.4, 0.5) is 13.2 Å². The van der Waals surface area contributed by atoms with Gasteiger partial charge in [0.15, 0.2) is 5.82 Å². The molecule has 0 radical (unpaired) electrons. The number of alkyl halides is 3. The standard InChI is InChI=1S/C17H13F3N4O2/c1-11(23-25)12-2-4-13(5-3-12)16-21-10-24(22-16)14-6-8-15(9-7-14)26-17(18,19)20/h2-10,25H,1H3/b23-11+. The fourth-order valence-corrected chi connectivity index (χ4v) is 2.24. The Morgan fingerprint density at radius 3 is 2.31 bits per heavy atom. The summed E-state index contributed by atoms with van der Waals surface area (Å²) in [5.41, 5.74) is 2.53. The first kappa shape index (κ1) is 17.5. The molecule has 3 rings (SSSR count). The Morgan fingerprint density at radius 2 is 1.73 bits per heavy atom. The molecule has 3 aromatic rings. The van der Waals surface area contributed by atoms with E-state index in [4.69, 9.17) is 5.21 Å². The van der Waals surface area contributed by atoms with Crippen LogP contribution in [0.15, 0.2) is 60.0 Å². The van der Waals surface area contributed by atoms with Crippen molar-refractivity contribution in [2.45, 2.75) is 13.3 Å². The van der Waals surface area contributed by atoms with Crippen LogP contribution in [0.2, 0.25) is 0 Å². The molecule has 26 heavy (non-hydrogen) atoms. The smallest absolute Gasteiger partial charge is 0.411 e. The normalized spacial score (nSPS) is 12.2. The van der Waals surface area contributed by atoms with Gasteiger partial charge in [-0.15, -0.1) is 18.3 Å². The molecule has 0 spiro atoms. The minimum atomic E-state index is -4.73. The van der Waals surface area contributed by atoms with Gasteiger partial charge in [0.25, 0.3) is 0 Å². The van der Waals surface area contributed by atoms with Gasteiger partial charge in [0.1, 0.15) is 12.1 Å². The summed E-state index contributed by atoms with van der Waals surface area (Å²) in [5.74, 6) is 0.142. The highest BCUT2D eigenvalue weighted by Crippen LogP contribution is 2.24. The van der Waals surface area contributed by atoms with Crippen molar-refractivity contribution in [3.05, 3.63) is 60.4 Å². The minimum Gasteiger partial charge on any atom is -0.411 e. The first-order valence-corrected chi connectivity index (χ1v) is 7.43. The van der Waals surface area contributed by atoms with E-state index < -0.39 is 6.36 Å². The number of hydrogen-bond acceptors (Lipinski definition) is 5. The van der Waals surface area contributed by atoms with E-state index in [1.54, 1.807) is 31.2 Å². The van der Waals surface area contributed by atoms with Gasteiger partial charge in [-0.05, 0) is 36.8 Å². The molecule has 0 saturated carbocycles. The van der Waals surface area contributed by atoms with Crippen LogP contribution in [-0.4, -0.2) is 32.0 Å². The van der Waals surface area contributed by atoms with Gasteiger partial charge < -0.3 is 9.94 Å². The third-order valence-corrected chi connectivity index (χ3v) is 3.54. The average molecular weight is 362 g/mol. The lowest BCUT2D eigenvalue weighted by atomic mass is 10.1. The van der Waals surface area contributed by atoms with Crippen molar-refractivity contribution >= 4 is 5.71 Å². The number of rotatable bonds is 4. The Morgan fingerprint density at radius 1 is 1.08 bits per heavy atom. The fraction of sp³-hybridized carbons (Fsp3) is 0.118. The molecule has 134 valence electrons. The lowest BCUT2D eigenvalue weighted by Crippen LogP contribution is -2.17. The molecule has 1 aromatic heterocycles. The second kappa shape index (κ2) is 6.87. The molecule has 0 saturated heterocycles. The van der Waals surface area contributed by atoms with E-state index >= 15 is 0 Å². The van der Waals surface area contributed by atoms with Crippen LogP contribution in [0.1, 0.15) is 12.5 Å². The van der Waals surface area contributed by atoms with Crippen LogP contribution < -0.4 is 4.74 Å². The molecule has 0 amide bonds. The molecule has 0 fully saturated rings. The average Bonchev–Trinajstić information content (AvgIpc) is 3.10. The van der Waals surface area contributed by atoms with Gasteiger partial charge in [-0.3, -0.25) is 0 Å². The van der Waals surface area contributed by atoms with Crippen molar-refractivity contribution in [2.24, 2.45) is 5.16 Å². The maximum absolute atomic E-state index is 12.2. The molecule has 2 aromatic carbocycles. The molecular formula is C17H13F3N4O2. The van der Waals surface area contributed by atoms with Crippen LogP contribution in [0, 0.1) is 0 Å². The van der Waals surface area contributed by atoms with E-state index in [1.807, 2.05) is 0 Å². The molecule has 0 bridgehead atoms. The van der Waals surface area contributed by atoms with Gasteiger partial charge in [0.2, 0.25) is 0 Å². The molecule has 1 N–H and O–H groups in total. The highest BCUT2D eigenvalue weighted by molar-refractivity contribution is 5.98. The summed E-state index contributed by atoms with van der Waals surface area (Å²) in [4.78, 5) is 4.20. The molecule has 0 unspecified atom stereocenters. The van der Waals surface area contributed by atoms with Gasteiger partial charge >= 0.3 is 6.36 Å². The summed E-state index contributed by atoms with van der Waals surface area (Å²) in [5, 5.41) is 16.2. The number of halogens is 3. The first-order chi connectivity index (χ1) is 12.4. The number of hydrogen-bond donors (Lipinski definition) is 1. The SMILES string of the molecule is C/C(=N\O)c1ccc(-c2ncn(-c3ccc(OC(F)(F)F)cc3)n2)cc1. The van der Waals surface area contributed by atoms with Gasteiger partial charge in [0, 0.05) is 5.56 Å². The maximum Gasteiger partial charge on any atom is 0.573 e. The summed E-state index contributed by atoms with van der Waals surface area (Å²) in [6.45, 7) is 1.67. The van der Waals surface area contributed by atoms with Crippen molar-refractivity contribution < 1.29 is 23.1 Å². The molecule has 1 heterocycles. The van der Waals surface area contributed by atoms with Crippen molar-refractivity contribution in [1.82, 2.24) is 14.8 Å². The summed E-state index contributed by atoms with van der Waals surface area (Å²) in [7, 11) is 0. The van der Waals surface area contributed by atoms with Gasteiger partial charge in [-0.25, -0.2) is 9.67 Å². The van der Waals surface area contributed by atoms with Crippen molar-refractivity contribution in [3.8, 4) is 22.8 Å². The number of ether oxygens (including phenoxy) is 1. The number of aromatic nitrogens is 3. The Hall–Kier alpha value is -3.36. The van der Waals surface area contributed by atoms with E-state index in [9.17, 15) is 13.2 Å². The maximum atomic E-state index is 12.2. The minimum absolute atomic E-state index is 0.307. The second-order valence-corrected chi connectivity index (χ2v) is 5.32. The van der Waals surface area contributed by atoms with Crippen molar-refractivity contribution in [1.29, 1.82) is 0 Å². The zero-order valence-corrected chi connectivity index (χ0v) is 13.5. The van der Waals surface area contributed by atoms with E-state index in [0.717, 1.165) is 11.1 Å². The highest BCUT2D eigenvalue weighted by atomic mass is 19.4. The van der Waals surface area contributed by atoms with Crippen molar-refractivity contribution in [2.75, 3.05) is 0 Å². The van der Waals surface area contributed by atoms with Crippen molar-refractivity contribution in [3.63, 3.8) is 0 Å². The highest BCUT2D eigenvalue weighted by Gasteiger charge is 2.30. The third-order valence-electron chi connectivity index (χ3n) is 3.54. The molecule has 0 aliphatic carbocycles. The van der Waals surface area contributed by atoms with E-state index in [1.165, 1.54) is 35.3 Å². The zero-order chi connectivity index (χ0) is 18.7. The second-order valence-electron chi connectivity index (χ2n) is 5.32. The Bertz CT molecular complexity index is 916. The topological polar surface area (TPSA) is 72.5 Å². The summed E-state index contributed by atoms with van der Waals surface area (Å²) >= 11 is 0. The number of benzene rings is 2. The predicted octanol–water partition coefficient (Wildman–Crippen LogP) is 4.03. The predicted molar refractivity (Wildman–Crippen MR) is 87.5 cm³/mol. The number of oxime groups is 1. The van der Waals surface area contributed by atoms with Crippen LogP contribution in [0.25, 0.3) is 17.1 Å². The zero-order valence-electron chi connectivity index (χ0n) is 13.5. The first-order valence-electron chi connectivity index (χ1n) is 7.43. The summed E-state index contributed by atoms with van der Waals surface area (Å²) in [6, 6.07) is 12.4. The van der Waals surface area contributed by atoms with Gasteiger partial charge in [-0.1, -0.05) is 29.4 Å². The molecule has 6 nitrogen and oxygen atoms in total. The van der Waals surface area contributed by atoms with E-state index in [0.29, 0.717) is 17.2 Å². The monoisotopic (exact) mass is 362 g/mol. The molecular weight excluding hydrogens is 349 g/mol. The molecule has 9 heteroatoms. The summed E-state index contributed by atoms with van der Waals surface area (Å²) < 4.78 is 41.8. The Kier molecular flexibility index (Phi) is 4.61. The quantitative estimate of drug-likeness (QED) is 0.432. The number of nitrogens with zero attached hydrogens (tertiary/aromatic N) is 4. The lowest BCUT2D eigenvalue weighted by Gasteiger charge is -2.09. The van der Waals surface area contributed by atoms with Crippen LogP contribution >= 0.6 is 0 Å². The van der Waals surface area contributed by atoms with Gasteiger partial charge in [0.05, 0.1) is 11.4 Å². The van der Waals surface area contributed by atoms with E-state index in [2.05, 4.69) is 20.0 Å². The Labute approximate surface area is 146 Å². The largest absolute Gasteiger partial charge is 0.573 e.